The molecule has 1 rings (SSSR count). The zero-order valence-corrected chi connectivity index (χ0v) is 13.2. The largest absolute Gasteiger partial charge is 0.398 e. The van der Waals surface area contributed by atoms with Crippen LogP contribution in [0.2, 0.25) is 0 Å². The summed E-state index contributed by atoms with van der Waals surface area (Å²) in [5.41, 5.74) is 7.94. The van der Waals surface area contributed by atoms with Crippen molar-refractivity contribution in [3.05, 3.63) is 24.0 Å². The fraction of sp³-hybridized carbons (Fsp3) is 0.688. The van der Waals surface area contributed by atoms with Crippen LogP contribution < -0.4 is 11.1 Å². The number of pyridine rings is 1. The molecule has 0 fully saturated rings. The third kappa shape index (κ3) is 5.10. The molecule has 0 spiro atoms. The second-order valence-corrected chi connectivity index (χ2v) is 5.50. The number of nitrogens with zero attached hydrogens (tertiary/aromatic N) is 1. The van der Waals surface area contributed by atoms with Crippen LogP contribution >= 0.6 is 0 Å². The first-order valence-corrected chi connectivity index (χ1v) is 7.63. The molecule has 0 saturated carbocycles. The Kier molecular flexibility index (Phi) is 7.55. The molecule has 1 aromatic heterocycles. The first-order chi connectivity index (χ1) is 9.60. The SMILES string of the molecule is CCCNC(Cc1cnccc1N)C(OCC)C(C)C. The highest BCUT2D eigenvalue weighted by molar-refractivity contribution is 5.44. The van der Waals surface area contributed by atoms with E-state index in [0.29, 0.717) is 5.92 Å². The second kappa shape index (κ2) is 8.93. The van der Waals surface area contributed by atoms with E-state index >= 15 is 0 Å². The average Bonchev–Trinajstić information content (AvgIpc) is 2.43. The van der Waals surface area contributed by atoms with Crippen molar-refractivity contribution in [3.63, 3.8) is 0 Å². The monoisotopic (exact) mass is 279 g/mol. The van der Waals surface area contributed by atoms with E-state index in [1.807, 2.05) is 19.2 Å². The lowest BCUT2D eigenvalue weighted by atomic mass is 9.93. The molecular weight excluding hydrogens is 250 g/mol. The molecule has 0 saturated heterocycles. The summed E-state index contributed by atoms with van der Waals surface area (Å²) in [5.74, 6) is 0.460. The van der Waals surface area contributed by atoms with E-state index in [4.69, 9.17) is 10.5 Å². The number of hydrogen-bond acceptors (Lipinski definition) is 4. The standard InChI is InChI=1S/C16H29N3O/c1-5-8-19-15(16(12(3)4)20-6-2)10-13-11-18-9-7-14(13)17/h7,9,11-12,15-16,19H,5-6,8,10H2,1-4H3,(H2,17,18). The predicted octanol–water partition coefficient (Wildman–Crippen LogP) is 2.64. The lowest BCUT2D eigenvalue weighted by Crippen LogP contribution is -2.46. The van der Waals surface area contributed by atoms with Gasteiger partial charge in [-0.05, 0) is 43.9 Å². The summed E-state index contributed by atoms with van der Waals surface area (Å²) >= 11 is 0. The molecule has 1 heterocycles. The molecule has 4 nitrogen and oxygen atoms in total. The molecule has 0 bridgehead atoms. The van der Waals surface area contributed by atoms with Crippen LogP contribution in [0, 0.1) is 5.92 Å². The molecule has 4 heteroatoms. The molecule has 0 aliphatic rings. The highest BCUT2D eigenvalue weighted by Gasteiger charge is 2.25. The van der Waals surface area contributed by atoms with Gasteiger partial charge in [0.05, 0.1) is 6.10 Å². The number of nitrogens with two attached hydrogens (primary N) is 1. The minimum atomic E-state index is 0.186. The number of aromatic nitrogens is 1. The maximum absolute atomic E-state index is 6.04. The number of anilines is 1. The van der Waals surface area contributed by atoms with Crippen LogP contribution in [0.15, 0.2) is 18.5 Å². The third-order valence-corrected chi connectivity index (χ3v) is 3.45. The van der Waals surface area contributed by atoms with Crippen LogP contribution in [0.5, 0.6) is 0 Å². The van der Waals surface area contributed by atoms with Gasteiger partial charge >= 0.3 is 0 Å². The maximum atomic E-state index is 6.04. The molecule has 0 aliphatic carbocycles. The highest BCUT2D eigenvalue weighted by atomic mass is 16.5. The van der Waals surface area contributed by atoms with E-state index in [1.165, 1.54) is 0 Å². The van der Waals surface area contributed by atoms with E-state index in [9.17, 15) is 0 Å². The smallest absolute Gasteiger partial charge is 0.0753 e. The van der Waals surface area contributed by atoms with E-state index < -0.39 is 0 Å². The predicted molar refractivity (Wildman–Crippen MR) is 84.7 cm³/mol. The average molecular weight is 279 g/mol. The van der Waals surface area contributed by atoms with Gasteiger partial charge in [-0.1, -0.05) is 20.8 Å². The van der Waals surface area contributed by atoms with Crippen molar-refractivity contribution in [1.29, 1.82) is 0 Å². The van der Waals surface area contributed by atoms with Crippen LogP contribution in [0.1, 0.15) is 39.7 Å². The van der Waals surface area contributed by atoms with Crippen molar-refractivity contribution in [2.24, 2.45) is 5.92 Å². The van der Waals surface area contributed by atoms with E-state index in [2.05, 4.69) is 31.1 Å². The third-order valence-electron chi connectivity index (χ3n) is 3.45. The normalized spacial score (nSPS) is 14.4. The zero-order chi connectivity index (χ0) is 15.0. The Morgan fingerprint density at radius 1 is 1.35 bits per heavy atom. The molecule has 20 heavy (non-hydrogen) atoms. The van der Waals surface area contributed by atoms with Gasteiger partial charge in [0.25, 0.3) is 0 Å². The molecule has 2 unspecified atom stereocenters. The molecule has 0 aromatic carbocycles. The van der Waals surface area contributed by atoms with Gasteiger partial charge in [-0.3, -0.25) is 4.98 Å². The van der Waals surface area contributed by atoms with Gasteiger partial charge in [0.1, 0.15) is 0 Å². The fourth-order valence-electron chi connectivity index (χ4n) is 2.45. The lowest BCUT2D eigenvalue weighted by molar-refractivity contribution is 0.00364. The summed E-state index contributed by atoms with van der Waals surface area (Å²) < 4.78 is 5.95. The Morgan fingerprint density at radius 2 is 2.10 bits per heavy atom. The van der Waals surface area contributed by atoms with Gasteiger partial charge < -0.3 is 15.8 Å². The molecule has 0 aliphatic heterocycles. The topological polar surface area (TPSA) is 60.2 Å². The Labute approximate surface area is 123 Å². The molecule has 2 atom stereocenters. The van der Waals surface area contributed by atoms with Gasteiger partial charge in [0, 0.05) is 30.7 Å². The van der Waals surface area contributed by atoms with Crippen molar-refractivity contribution >= 4 is 5.69 Å². The van der Waals surface area contributed by atoms with E-state index in [0.717, 1.165) is 37.2 Å². The minimum Gasteiger partial charge on any atom is -0.398 e. The van der Waals surface area contributed by atoms with E-state index in [1.54, 1.807) is 6.20 Å². The molecule has 0 amide bonds. The van der Waals surface area contributed by atoms with Gasteiger partial charge in [0.2, 0.25) is 0 Å². The van der Waals surface area contributed by atoms with E-state index in [-0.39, 0.29) is 12.1 Å². The Morgan fingerprint density at radius 3 is 2.65 bits per heavy atom. The van der Waals surface area contributed by atoms with Crippen molar-refractivity contribution in [2.45, 2.75) is 52.7 Å². The molecule has 0 radical (unpaired) electrons. The van der Waals surface area contributed by atoms with Crippen molar-refractivity contribution in [3.8, 4) is 0 Å². The Bertz CT molecular complexity index is 382. The van der Waals surface area contributed by atoms with Crippen molar-refractivity contribution in [1.82, 2.24) is 10.3 Å². The van der Waals surface area contributed by atoms with Crippen LogP contribution in [-0.4, -0.2) is 30.3 Å². The zero-order valence-electron chi connectivity index (χ0n) is 13.2. The number of ether oxygens (including phenoxy) is 1. The Balaban J connectivity index is 2.84. The van der Waals surface area contributed by atoms with Crippen LogP contribution in [0.25, 0.3) is 0 Å². The summed E-state index contributed by atoms with van der Waals surface area (Å²) in [6.45, 7) is 10.3. The summed E-state index contributed by atoms with van der Waals surface area (Å²) in [4.78, 5) is 4.18. The van der Waals surface area contributed by atoms with Gasteiger partial charge in [-0.15, -0.1) is 0 Å². The summed E-state index contributed by atoms with van der Waals surface area (Å²) in [5, 5.41) is 3.60. The molecular formula is C16H29N3O. The van der Waals surface area contributed by atoms with Crippen molar-refractivity contribution < 1.29 is 4.74 Å². The summed E-state index contributed by atoms with van der Waals surface area (Å²) in [7, 11) is 0. The molecule has 1 aromatic rings. The van der Waals surface area contributed by atoms with Crippen LogP contribution in [0.3, 0.4) is 0 Å². The minimum absolute atomic E-state index is 0.186. The maximum Gasteiger partial charge on any atom is 0.0753 e. The highest BCUT2D eigenvalue weighted by Crippen LogP contribution is 2.18. The summed E-state index contributed by atoms with van der Waals surface area (Å²) in [6, 6.07) is 2.12. The fourth-order valence-corrected chi connectivity index (χ4v) is 2.45. The van der Waals surface area contributed by atoms with Crippen molar-refractivity contribution in [2.75, 3.05) is 18.9 Å². The van der Waals surface area contributed by atoms with Gasteiger partial charge in [-0.2, -0.15) is 0 Å². The second-order valence-electron chi connectivity index (χ2n) is 5.50. The molecule has 114 valence electrons. The number of hydrogen-bond donors (Lipinski definition) is 2. The molecule has 3 N–H and O–H groups in total. The number of nitrogens with one attached hydrogen (secondary N) is 1. The van der Waals surface area contributed by atoms with Gasteiger partial charge in [-0.25, -0.2) is 0 Å². The first kappa shape index (κ1) is 16.9. The number of rotatable bonds is 9. The number of nitrogen functional groups attached to an aromatic ring is 1. The quantitative estimate of drug-likeness (QED) is 0.729. The lowest BCUT2D eigenvalue weighted by Gasteiger charge is -2.31. The van der Waals surface area contributed by atoms with Crippen LogP contribution in [0.4, 0.5) is 5.69 Å². The summed E-state index contributed by atoms with van der Waals surface area (Å²) in [6.07, 6.45) is 5.74. The first-order valence-electron chi connectivity index (χ1n) is 7.63. The Hall–Kier alpha value is -1.13. The van der Waals surface area contributed by atoms with Gasteiger partial charge in [0.15, 0.2) is 0 Å². The van der Waals surface area contributed by atoms with Crippen LogP contribution in [-0.2, 0) is 11.2 Å².